The van der Waals surface area contributed by atoms with Gasteiger partial charge in [0.2, 0.25) is 0 Å². The predicted octanol–water partition coefficient (Wildman–Crippen LogP) is 3.91. The number of fused-ring (bicyclic) bond motifs is 1. The summed E-state index contributed by atoms with van der Waals surface area (Å²) in [6.45, 7) is 2.09. The minimum Gasteiger partial charge on any atom is -0.315 e. The number of halogens is 1. The van der Waals surface area contributed by atoms with Crippen LogP contribution in [0.4, 0.5) is 0 Å². The minimum atomic E-state index is 0.220. The fourth-order valence-corrected chi connectivity index (χ4v) is 3.99. The van der Waals surface area contributed by atoms with E-state index in [1.165, 1.54) is 30.4 Å². The zero-order valence-corrected chi connectivity index (χ0v) is 12.9. The van der Waals surface area contributed by atoms with Gasteiger partial charge in [-0.1, -0.05) is 41.9 Å². The topological polar surface area (TPSA) is 12.0 Å². The van der Waals surface area contributed by atoms with Gasteiger partial charge in [-0.3, -0.25) is 0 Å². The van der Waals surface area contributed by atoms with Crippen molar-refractivity contribution in [3.63, 3.8) is 0 Å². The third kappa shape index (κ3) is 2.39. The molecule has 0 radical (unpaired) electrons. The number of aryl methyl sites for hydroxylation is 2. The fourth-order valence-electron chi connectivity index (χ4n) is 3.80. The Morgan fingerprint density at radius 3 is 2.62 bits per heavy atom. The first-order valence-corrected chi connectivity index (χ1v) is 8.20. The summed E-state index contributed by atoms with van der Waals surface area (Å²) in [4.78, 5) is 0. The van der Waals surface area contributed by atoms with Crippen molar-refractivity contribution in [1.29, 1.82) is 0 Å². The molecule has 0 amide bonds. The summed E-state index contributed by atoms with van der Waals surface area (Å²) < 4.78 is 0. The van der Waals surface area contributed by atoms with Crippen molar-refractivity contribution in [2.24, 2.45) is 0 Å². The highest BCUT2D eigenvalue weighted by Gasteiger charge is 2.38. The second-order valence-corrected chi connectivity index (χ2v) is 6.96. The van der Waals surface area contributed by atoms with Gasteiger partial charge < -0.3 is 5.32 Å². The molecule has 1 saturated heterocycles. The van der Waals surface area contributed by atoms with Gasteiger partial charge in [-0.05, 0) is 60.1 Å². The van der Waals surface area contributed by atoms with Crippen LogP contribution in [0.3, 0.4) is 0 Å². The van der Waals surface area contributed by atoms with E-state index in [4.69, 9.17) is 11.6 Å². The molecule has 1 nitrogen and oxygen atoms in total. The molecule has 0 spiro atoms. The van der Waals surface area contributed by atoms with Crippen molar-refractivity contribution >= 4 is 11.6 Å². The highest BCUT2D eigenvalue weighted by Crippen LogP contribution is 2.35. The van der Waals surface area contributed by atoms with Gasteiger partial charge in [-0.2, -0.15) is 0 Å². The van der Waals surface area contributed by atoms with E-state index in [1.54, 1.807) is 11.1 Å². The molecule has 1 aliphatic heterocycles. The Balaban J connectivity index is 1.65. The molecule has 0 bridgehead atoms. The summed E-state index contributed by atoms with van der Waals surface area (Å²) in [5.74, 6) is 0. The van der Waals surface area contributed by atoms with Crippen molar-refractivity contribution in [1.82, 2.24) is 5.32 Å². The van der Waals surface area contributed by atoms with Crippen LogP contribution in [-0.4, -0.2) is 13.1 Å². The van der Waals surface area contributed by atoms with Crippen molar-refractivity contribution in [2.45, 2.75) is 31.1 Å². The molecule has 1 aliphatic carbocycles. The van der Waals surface area contributed by atoms with Gasteiger partial charge >= 0.3 is 0 Å². The molecule has 1 heterocycles. The molecular weight excluding hydrogens is 278 g/mol. The highest BCUT2D eigenvalue weighted by molar-refractivity contribution is 6.30. The van der Waals surface area contributed by atoms with Crippen molar-refractivity contribution < 1.29 is 0 Å². The molecule has 2 aromatic carbocycles. The highest BCUT2D eigenvalue weighted by atomic mass is 35.5. The van der Waals surface area contributed by atoms with Crippen molar-refractivity contribution in [3.8, 4) is 0 Å². The Morgan fingerprint density at radius 1 is 1.00 bits per heavy atom. The van der Waals surface area contributed by atoms with Gasteiger partial charge in [0.25, 0.3) is 0 Å². The van der Waals surface area contributed by atoms with Gasteiger partial charge in [0.15, 0.2) is 0 Å². The molecule has 108 valence electrons. The first-order valence-electron chi connectivity index (χ1n) is 7.83. The smallest absolute Gasteiger partial charge is 0.0408 e. The average Bonchev–Trinajstić information content (AvgIpc) is 2.90. The third-order valence-electron chi connectivity index (χ3n) is 5.07. The maximum absolute atomic E-state index is 6.19. The number of hydrogen-bond donors (Lipinski definition) is 1. The molecule has 0 aromatic heterocycles. The molecule has 2 heteroatoms. The van der Waals surface area contributed by atoms with Gasteiger partial charge in [0.1, 0.15) is 0 Å². The second kappa shape index (κ2) is 5.15. The van der Waals surface area contributed by atoms with Crippen LogP contribution in [0, 0.1) is 0 Å². The SMILES string of the molecule is Clc1cccc(C2(Cc3ccc4c(c3)CCC4)CNC2)c1. The molecule has 21 heavy (non-hydrogen) atoms. The lowest BCUT2D eigenvalue weighted by Gasteiger charge is -2.43. The van der Waals surface area contributed by atoms with Crippen LogP contribution >= 0.6 is 11.6 Å². The summed E-state index contributed by atoms with van der Waals surface area (Å²) >= 11 is 6.19. The third-order valence-corrected chi connectivity index (χ3v) is 5.30. The van der Waals surface area contributed by atoms with E-state index in [9.17, 15) is 0 Å². The van der Waals surface area contributed by atoms with E-state index < -0.39 is 0 Å². The average molecular weight is 298 g/mol. The van der Waals surface area contributed by atoms with E-state index in [0.717, 1.165) is 24.5 Å². The van der Waals surface area contributed by atoms with Gasteiger partial charge in [0, 0.05) is 23.5 Å². The zero-order valence-electron chi connectivity index (χ0n) is 12.2. The van der Waals surface area contributed by atoms with E-state index in [1.807, 2.05) is 6.07 Å². The number of rotatable bonds is 3. The van der Waals surface area contributed by atoms with Gasteiger partial charge in [-0.15, -0.1) is 0 Å². The minimum absolute atomic E-state index is 0.220. The standard InChI is InChI=1S/C19H20ClN/c20-18-6-2-5-17(10-18)19(12-21-13-19)11-14-7-8-15-3-1-4-16(15)9-14/h2,5-10,21H,1,3-4,11-13H2. The second-order valence-electron chi connectivity index (χ2n) is 6.53. The van der Waals surface area contributed by atoms with Gasteiger partial charge in [-0.25, -0.2) is 0 Å². The number of nitrogens with one attached hydrogen (secondary N) is 1. The van der Waals surface area contributed by atoms with Crippen LogP contribution in [0.2, 0.25) is 5.02 Å². The molecule has 0 atom stereocenters. The van der Waals surface area contributed by atoms with E-state index in [-0.39, 0.29) is 5.41 Å². The van der Waals surface area contributed by atoms with Crippen LogP contribution < -0.4 is 5.32 Å². The molecule has 0 unspecified atom stereocenters. The van der Waals surface area contributed by atoms with Crippen LogP contribution in [-0.2, 0) is 24.7 Å². The summed E-state index contributed by atoms with van der Waals surface area (Å²) in [7, 11) is 0. The Kier molecular flexibility index (Phi) is 3.28. The van der Waals surface area contributed by atoms with Crippen LogP contribution in [0.1, 0.15) is 28.7 Å². The molecule has 2 aromatic rings. The predicted molar refractivity (Wildman–Crippen MR) is 88.2 cm³/mol. The van der Waals surface area contributed by atoms with E-state index in [2.05, 4.69) is 41.7 Å². The fraction of sp³-hybridized carbons (Fsp3) is 0.368. The van der Waals surface area contributed by atoms with Crippen molar-refractivity contribution in [3.05, 3.63) is 69.7 Å². The van der Waals surface area contributed by atoms with E-state index in [0.29, 0.717) is 0 Å². The van der Waals surface area contributed by atoms with Crippen LogP contribution in [0.5, 0.6) is 0 Å². The van der Waals surface area contributed by atoms with Crippen LogP contribution in [0.25, 0.3) is 0 Å². The van der Waals surface area contributed by atoms with Crippen molar-refractivity contribution in [2.75, 3.05) is 13.1 Å². The van der Waals surface area contributed by atoms with E-state index >= 15 is 0 Å². The normalized spacial score (nSPS) is 19.1. The Morgan fingerprint density at radius 2 is 1.86 bits per heavy atom. The Hall–Kier alpha value is -1.31. The van der Waals surface area contributed by atoms with Crippen LogP contribution in [0.15, 0.2) is 42.5 Å². The van der Waals surface area contributed by atoms with Gasteiger partial charge in [0.05, 0.1) is 0 Å². The molecule has 2 aliphatic rings. The molecule has 1 fully saturated rings. The molecular formula is C19H20ClN. The molecule has 1 N–H and O–H groups in total. The summed E-state index contributed by atoms with van der Waals surface area (Å²) in [6.07, 6.45) is 4.94. The lowest BCUT2D eigenvalue weighted by atomic mass is 9.71. The lowest BCUT2D eigenvalue weighted by Crippen LogP contribution is -2.58. The Bertz CT molecular complexity index is 673. The lowest BCUT2D eigenvalue weighted by molar-refractivity contribution is 0.274. The maximum Gasteiger partial charge on any atom is 0.0408 e. The first kappa shape index (κ1) is 13.4. The first-order chi connectivity index (χ1) is 10.3. The zero-order chi connectivity index (χ0) is 14.3. The monoisotopic (exact) mass is 297 g/mol. The number of benzene rings is 2. The maximum atomic E-state index is 6.19. The summed E-state index contributed by atoms with van der Waals surface area (Å²) in [5.41, 5.74) is 6.19. The number of hydrogen-bond acceptors (Lipinski definition) is 1. The molecule has 0 saturated carbocycles. The molecule has 4 rings (SSSR count). The summed E-state index contributed by atoms with van der Waals surface area (Å²) in [5, 5.41) is 4.29. The Labute approximate surface area is 131 Å². The largest absolute Gasteiger partial charge is 0.315 e. The summed E-state index contributed by atoms with van der Waals surface area (Å²) in [6, 6.07) is 15.5. The quantitative estimate of drug-likeness (QED) is 0.906.